The van der Waals surface area contributed by atoms with Gasteiger partial charge in [0.05, 0.1) is 37.9 Å². The van der Waals surface area contributed by atoms with Crippen LogP contribution < -0.4 is 11.1 Å². The molecule has 0 bridgehead atoms. The number of unbranched alkanes of at least 4 members (excludes halogenated alkanes) is 17. The van der Waals surface area contributed by atoms with Crippen molar-refractivity contribution in [3.8, 4) is 0 Å². The van der Waals surface area contributed by atoms with Crippen molar-refractivity contribution >= 4 is 13.7 Å². The van der Waals surface area contributed by atoms with Gasteiger partial charge in [-0.15, -0.1) is 0 Å². The number of aliphatic hydroxyl groups is 2. The first kappa shape index (κ1) is 46.7. The molecule has 282 valence electrons. The zero-order valence-corrected chi connectivity index (χ0v) is 31.5. The average molecular weight is 701 g/mol. The fourth-order valence-electron chi connectivity index (χ4n) is 5.32. The van der Waals surface area contributed by atoms with Crippen molar-refractivity contribution in [1.82, 2.24) is 5.32 Å². The number of hydrogen-bond acceptors (Lipinski definition) is 7. The molecule has 0 aromatic carbocycles. The Labute approximate surface area is 293 Å². The number of amides is 1. The standard InChI is InChI=1S/C38H73N2O7P/c1-3-5-7-9-11-13-15-17-19-21-23-25-27-29-35(41)33-38(43)40-36(34-47-48(44,45)46-32-31-39)37(42)30-28-26-24-22-20-18-16-14-12-10-8-6-4-2/h12,14,20,22,28,30,35-37,41-42H,3-11,13,15-19,21,23-27,29,31-34,39H2,1-2H3,(H,40,43)(H,44,45)/b14-12+,22-20+,30-28+. The molecular formula is C38H73N2O7P. The molecule has 9 nitrogen and oxygen atoms in total. The van der Waals surface area contributed by atoms with E-state index in [1.54, 1.807) is 6.08 Å². The third-order valence-corrected chi connectivity index (χ3v) is 9.24. The molecule has 0 aliphatic rings. The molecule has 0 aromatic heterocycles. The molecule has 0 radical (unpaired) electrons. The molecule has 6 N–H and O–H groups in total. The summed E-state index contributed by atoms with van der Waals surface area (Å²) in [6, 6.07) is -1.00. The van der Waals surface area contributed by atoms with Crippen LogP contribution in [0.15, 0.2) is 36.5 Å². The van der Waals surface area contributed by atoms with Crippen molar-refractivity contribution in [2.24, 2.45) is 5.73 Å². The van der Waals surface area contributed by atoms with E-state index in [-0.39, 0.29) is 19.6 Å². The SMILES string of the molecule is CCCCC/C=C/CC/C=C/CC/C=C/C(O)C(COP(=O)(O)OCCN)NC(=O)CC(O)CCCCCCCCCCCCCCC. The first-order valence-corrected chi connectivity index (χ1v) is 20.7. The summed E-state index contributed by atoms with van der Waals surface area (Å²) in [5, 5.41) is 23.9. The number of phosphoric ester groups is 1. The summed E-state index contributed by atoms with van der Waals surface area (Å²) in [4.78, 5) is 22.6. The lowest BCUT2D eigenvalue weighted by molar-refractivity contribution is -0.124. The zero-order chi connectivity index (χ0) is 35.6. The Bertz CT molecular complexity index is 868. The van der Waals surface area contributed by atoms with Crippen LogP contribution in [0.5, 0.6) is 0 Å². The highest BCUT2D eigenvalue weighted by Crippen LogP contribution is 2.43. The van der Waals surface area contributed by atoms with Gasteiger partial charge in [-0.3, -0.25) is 13.8 Å². The maximum atomic E-state index is 12.7. The Morgan fingerprint density at radius 2 is 1.19 bits per heavy atom. The van der Waals surface area contributed by atoms with Crippen LogP contribution in [-0.4, -0.2) is 59.0 Å². The van der Waals surface area contributed by atoms with Crippen LogP contribution >= 0.6 is 7.82 Å². The zero-order valence-electron chi connectivity index (χ0n) is 30.6. The van der Waals surface area contributed by atoms with Crippen molar-refractivity contribution in [2.75, 3.05) is 19.8 Å². The van der Waals surface area contributed by atoms with Gasteiger partial charge in [-0.1, -0.05) is 147 Å². The fraction of sp³-hybridized carbons (Fsp3) is 0.816. The maximum Gasteiger partial charge on any atom is 0.472 e. The normalized spacial score (nSPS) is 15.4. The number of carbonyl (C=O) groups excluding carboxylic acids is 1. The second-order valence-corrected chi connectivity index (χ2v) is 14.4. The molecule has 0 spiro atoms. The number of allylic oxidation sites excluding steroid dienone is 5. The molecule has 4 atom stereocenters. The highest BCUT2D eigenvalue weighted by atomic mass is 31.2. The van der Waals surface area contributed by atoms with Crippen LogP contribution in [-0.2, 0) is 18.4 Å². The van der Waals surface area contributed by atoms with Gasteiger partial charge in [0.15, 0.2) is 0 Å². The summed E-state index contributed by atoms with van der Waals surface area (Å²) in [5.41, 5.74) is 5.34. The van der Waals surface area contributed by atoms with Gasteiger partial charge in [-0.25, -0.2) is 4.57 Å². The summed E-state index contributed by atoms with van der Waals surface area (Å²) >= 11 is 0. The molecule has 0 heterocycles. The van der Waals surface area contributed by atoms with Gasteiger partial charge in [0.2, 0.25) is 5.91 Å². The smallest absolute Gasteiger partial charge is 0.393 e. The molecule has 0 aliphatic carbocycles. The Hall–Kier alpha value is -1.32. The van der Waals surface area contributed by atoms with Crippen molar-refractivity contribution < 1.29 is 33.5 Å². The number of nitrogens with two attached hydrogens (primary N) is 1. The Balaban J connectivity index is 4.49. The highest BCUT2D eigenvalue weighted by Gasteiger charge is 2.27. The molecule has 0 saturated heterocycles. The minimum atomic E-state index is -4.40. The van der Waals surface area contributed by atoms with E-state index in [0.29, 0.717) is 12.8 Å². The quantitative estimate of drug-likeness (QED) is 0.0250. The Morgan fingerprint density at radius 1 is 0.708 bits per heavy atom. The van der Waals surface area contributed by atoms with Crippen molar-refractivity contribution in [3.63, 3.8) is 0 Å². The molecule has 4 unspecified atom stereocenters. The largest absolute Gasteiger partial charge is 0.472 e. The van der Waals surface area contributed by atoms with Crippen molar-refractivity contribution in [3.05, 3.63) is 36.5 Å². The molecule has 0 saturated carbocycles. The van der Waals surface area contributed by atoms with E-state index in [0.717, 1.165) is 44.9 Å². The monoisotopic (exact) mass is 701 g/mol. The van der Waals surface area contributed by atoms with Crippen LogP contribution in [0.2, 0.25) is 0 Å². The van der Waals surface area contributed by atoms with E-state index in [1.807, 2.05) is 6.08 Å². The lowest BCUT2D eigenvalue weighted by Gasteiger charge is -2.24. The number of nitrogens with one attached hydrogen (secondary N) is 1. The van der Waals surface area contributed by atoms with Crippen LogP contribution in [0.4, 0.5) is 0 Å². The van der Waals surface area contributed by atoms with Gasteiger partial charge in [0.25, 0.3) is 0 Å². The van der Waals surface area contributed by atoms with E-state index >= 15 is 0 Å². The van der Waals surface area contributed by atoms with Gasteiger partial charge < -0.3 is 26.2 Å². The van der Waals surface area contributed by atoms with E-state index in [1.165, 1.54) is 83.5 Å². The van der Waals surface area contributed by atoms with Crippen LogP contribution in [0.25, 0.3) is 0 Å². The van der Waals surface area contributed by atoms with Crippen LogP contribution in [0.3, 0.4) is 0 Å². The highest BCUT2D eigenvalue weighted by molar-refractivity contribution is 7.47. The third kappa shape index (κ3) is 31.9. The summed E-state index contributed by atoms with van der Waals surface area (Å²) in [6.07, 6.45) is 35.1. The lowest BCUT2D eigenvalue weighted by Crippen LogP contribution is -2.46. The first-order valence-electron chi connectivity index (χ1n) is 19.2. The van der Waals surface area contributed by atoms with E-state index in [4.69, 9.17) is 14.8 Å². The van der Waals surface area contributed by atoms with Gasteiger partial charge in [0, 0.05) is 6.54 Å². The van der Waals surface area contributed by atoms with Crippen LogP contribution in [0.1, 0.15) is 162 Å². The van der Waals surface area contributed by atoms with E-state index < -0.39 is 38.6 Å². The summed E-state index contributed by atoms with van der Waals surface area (Å²) in [5.74, 6) is -0.462. The Kier molecular flexibility index (Phi) is 33.2. The number of aliphatic hydroxyl groups excluding tert-OH is 2. The number of hydrogen-bond donors (Lipinski definition) is 5. The minimum absolute atomic E-state index is 0.0424. The maximum absolute atomic E-state index is 12.7. The molecule has 48 heavy (non-hydrogen) atoms. The Morgan fingerprint density at radius 3 is 1.73 bits per heavy atom. The van der Waals surface area contributed by atoms with Crippen molar-refractivity contribution in [1.29, 1.82) is 0 Å². The summed E-state index contributed by atoms with van der Waals surface area (Å²) in [6.45, 7) is 3.89. The number of rotatable bonds is 35. The average Bonchev–Trinajstić information content (AvgIpc) is 3.06. The van der Waals surface area contributed by atoms with E-state index in [2.05, 4.69) is 43.5 Å². The molecule has 1 amide bonds. The molecule has 0 aromatic rings. The minimum Gasteiger partial charge on any atom is -0.393 e. The molecule has 0 fully saturated rings. The van der Waals surface area contributed by atoms with Crippen LogP contribution in [0, 0.1) is 0 Å². The van der Waals surface area contributed by atoms with Gasteiger partial charge in [0.1, 0.15) is 0 Å². The number of phosphoric acid groups is 1. The molecule has 10 heteroatoms. The lowest BCUT2D eigenvalue weighted by atomic mass is 10.0. The second kappa shape index (κ2) is 34.1. The molecule has 0 aliphatic heterocycles. The third-order valence-electron chi connectivity index (χ3n) is 8.25. The predicted octanol–water partition coefficient (Wildman–Crippen LogP) is 8.97. The number of carbonyl (C=O) groups is 1. The van der Waals surface area contributed by atoms with Gasteiger partial charge in [-0.05, 0) is 44.9 Å². The predicted molar refractivity (Wildman–Crippen MR) is 200 cm³/mol. The second-order valence-electron chi connectivity index (χ2n) is 13.0. The first-order chi connectivity index (χ1) is 23.3. The molecular weight excluding hydrogens is 627 g/mol. The van der Waals surface area contributed by atoms with E-state index in [9.17, 15) is 24.5 Å². The molecule has 0 rings (SSSR count). The van der Waals surface area contributed by atoms with Gasteiger partial charge in [-0.2, -0.15) is 0 Å². The van der Waals surface area contributed by atoms with Crippen molar-refractivity contribution in [2.45, 2.75) is 180 Å². The fourth-order valence-corrected chi connectivity index (χ4v) is 6.08. The van der Waals surface area contributed by atoms with Gasteiger partial charge >= 0.3 is 7.82 Å². The topological polar surface area (TPSA) is 151 Å². The summed E-state index contributed by atoms with van der Waals surface area (Å²) in [7, 11) is -4.40. The summed E-state index contributed by atoms with van der Waals surface area (Å²) < 4.78 is 22.0.